The Morgan fingerprint density at radius 1 is 1.15 bits per heavy atom. The number of thioether (sulfide) groups is 1. The Labute approximate surface area is 165 Å². The number of rotatable bonds is 6. The number of aromatic nitrogens is 3. The minimum atomic E-state index is 0.0829. The normalized spacial score (nSPS) is 15.8. The highest BCUT2D eigenvalue weighted by atomic mass is 32.2. The van der Waals surface area contributed by atoms with Crippen LogP contribution >= 0.6 is 11.8 Å². The molecule has 1 heterocycles. The van der Waals surface area contributed by atoms with Crippen molar-refractivity contribution in [1.29, 1.82) is 0 Å². The number of benzene rings is 1. The number of amides is 1. The fourth-order valence-electron chi connectivity index (χ4n) is 3.43. The summed E-state index contributed by atoms with van der Waals surface area (Å²) in [6.07, 6.45) is 8.53. The lowest BCUT2D eigenvalue weighted by Crippen LogP contribution is -2.36. The summed E-state index contributed by atoms with van der Waals surface area (Å²) < 4.78 is 7.12. The Hall–Kier alpha value is -2.02. The highest BCUT2D eigenvalue weighted by Gasteiger charge is 2.16. The maximum Gasteiger partial charge on any atom is 0.230 e. The number of methoxy groups -OCH3 is 1. The number of nitrogens with zero attached hydrogens (tertiary/aromatic N) is 3. The molecule has 27 heavy (non-hydrogen) atoms. The summed E-state index contributed by atoms with van der Waals surface area (Å²) in [6.45, 7) is 0. The van der Waals surface area contributed by atoms with Gasteiger partial charge in [0.25, 0.3) is 0 Å². The van der Waals surface area contributed by atoms with Gasteiger partial charge in [0.2, 0.25) is 5.91 Å². The van der Waals surface area contributed by atoms with Gasteiger partial charge in [0.15, 0.2) is 11.0 Å². The maximum absolute atomic E-state index is 12.3. The van der Waals surface area contributed by atoms with E-state index in [0.717, 1.165) is 35.1 Å². The van der Waals surface area contributed by atoms with Crippen LogP contribution in [0.1, 0.15) is 44.9 Å². The van der Waals surface area contributed by atoms with E-state index in [2.05, 4.69) is 15.5 Å². The average Bonchev–Trinajstić information content (AvgIpc) is 3.03. The van der Waals surface area contributed by atoms with E-state index in [0.29, 0.717) is 11.8 Å². The van der Waals surface area contributed by atoms with Gasteiger partial charge in [0.05, 0.1) is 12.9 Å². The molecule has 0 atom stereocenters. The van der Waals surface area contributed by atoms with Crippen LogP contribution in [0.3, 0.4) is 0 Å². The molecule has 1 amide bonds. The zero-order valence-corrected chi connectivity index (χ0v) is 16.9. The summed E-state index contributed by atoms with van der Waals surface area (Å²) in [7, 11) is 3.57. The summed E-state index contributed by atoms with van der Waals surface area (Å²) >= 11 is 1.43. The third kappa shape index (κ3) is 5.48. The molecule has 3 rings (SSSR count). The molecular formula is C20H28N4O2S. The quantitative estimate of drug-likeness (QED) is 0.762. The van der Waals surface area contributed by atoms with Crippen molar-refractivity contribution in [2.45, 2.75) is 56.1 Å². The van der Waals surface area contributed by atoms with E-state index in [-0.39, 0.29) is 5.91 Å². The molecule has 146 valence electrons. The van der Waals surface area contributed by atoms with Crippen molar-refractivity contribution in [2.75, 3.05) is 12.9 Å². The first-order chi connectivity index (χ1) is 13.2. The van der Waals surface area contributed by atoms with E-state index in [1.165, 1.54) is 43.9 Å². The lowest BCUT2D eigenvalue weighted by atomic mass is 9.97. The van der Waals surface area contributed by atoms with Gasteiger partial charge in [-0.15, -0.1) is 10.2 Å². The monoisotopic (exact) mass is 388 g/mol. The van der Waals surface area contributed by atoms with E-state index >= 15 is 0 Å². The van der Waals surface area contributed by atoms with Crippen LogP contribution in [0.25, 0.3) is 11.4 Å². The molecule has 1 saturated carbocycles. The zero-order chi connectivity index (χ0) is 19.1. The first-order valence-corrected chi connectivity index (χ1v) is 10.6. The standard InChI is InChI=1S/C20H28N4O2S/c1-24-19(15-10-12-17(26-2)13-11-15)22-23-20(24)27-14-18(25)21-16-8-6-4-3-5-7-9-16/h10-13,16H,3-9,14H2,1-2H3,(H,21,25). The summed E-state index contributed by atoms with van der Waals surface area (Å²) in [5, 5.41) is 12.5. The van der Waals surface area contributed by atoms with Gasteiger partial charge in [-0.3, -0.25) is 4.79 Å². The van der Waals surface area contributed by atoms with Gasteiger partial charge in [0, 0.05) is 18.7 Å². The molecule has 1 aliphatic carbocycles. The van der Waals surface area contributed by atoms with Crippen molar-refractivity contribution >= 4 is 17.7 Å². The van der Waals surface area contributed by atoms with Crippen molar-refractivity contribution in [3.63, 3.8) is 0 Å². The van der Waals surface area contributed by atoms with Crippen molar-refractivity contribution < 1.29 is 9.53 Å². The number of carbonyl (C=O) groups is 1. The molecular weight excluding hydrogens is 360 g/mol. The molecule has 0 saturated heterocycles. The summed E-state index contributed by atoms with van der Waals surface area (Å²) in [4.78, 5) is 12.3. The minimum absolute atomic E-state index is 0.0829. The molecule has 0 radical (unpaired) electrons. The Morgan fingerprint density at radius 3 is 2.48 bits per heavy atom. The second-order valence-electron chi connectivity index (χ2n) is 6.99. The van der Waals surface area contributed by atoms with Gasteiger partial charge in [-0.25, -0.2) is 0 Å². The SMILES string of the molecule is COc1ccc(-c2nnc(SCC(=O)NC3CCCCCCC3)n2C)cc1. The van der Waals surface area contributed by atoms with Crippen molar-refractivity contribution in [2.24, 2.45) is 7.05 Å². The van der Waals surface area contributed by atoms with Crippen LogP contribution in [0.5, 0.6) is 5.75 Å². The van der Waals surface area contributed by atoms with Gasteiger partial charge < -0.3 is 14.6 Å². The fourth-order valence-corrected chi connectivity index (χ4v) is 4.15. The Morgan fingerprint density at radius 2 is 1.81 bits per heavy atom. The zero-order valence-electron chi connectivity index (χ0n) is 16.1. The van der Waals surface area contributed by atoms with Crippen molar-refractivity contribution in [3.05, 3.63) is 24.3 Å². The van der Waals surface area contributed by atoms with E-state index in [1.54, 1.807) is 7.11 Å². The third-order valence-electron chi connectivity index (χ3n) is 4.99. The summed E-state index contributed by atoms with van der Waals surface area (Å²) in [6, 6.07) is 8.04. The van der Waals surface area contributed by atoms with Crippen molar-refractivity contribution in [3.8, 4) is 17.1 Å². The molecule has 0 spiro atoms. The highest BCUT2D eigenvalue weighted by Crippen LogP contribution is 2.24. The Balaban J connectivity index is 1.54. The van der Waals surface area contributed by atoms with Crippen LogP contribution in [-0.4, -0.2) is 39.6 Å². The summed E-state index contributed by atoms with van der Waals surface area (Å²) in [5.41, 5.74) is 0.969. The smallest absolute Gasteiger partial charge is 0.230 e. The van der Waals surface area contributed by atoms with Crippen LogP contribution in [-0.2, 0) is 11.8 Å². The lowest BCUT2D eigenvalue weighted by molar-refractivity contribution is -0.119. The van der Waals surface area contributed by atoms with E-state index in [1.807, 2.05) is 35.9 Å². The van der Waals surface area contributed by atoms with Crippen LogP contribution in [0.4, 0.5) is 0 Å². The van der Waals surface area contributed by atoms with E-state index in [4.69, 9.17) is 4.74 Å². The van der Waals surface area contributed by atoms with Gasteiger partial charge in [-0.1, -0.05) is 43.9 Å². The largest absolute Gasteiger partial charge is 0.497 e. The van der Waals surface area contributed by atoms with E-state index in [9.17, 15) is 4.79 Å². The number of hydrogen-bond acceptors (Lipinski definition) is 5. The average molecular weight is 389 g/mol. The molecule has 1 N–H and O–H groups in total. The van der Waals surface area contributed by atoms with Gasteiger partial charge in [0.1, 0.15) is 5.75 Å². The van der Waals surface area contributed by atoms with Gasteiger partial charge >= 0.3 is 0 Å². The maximum atomic E-state index is 12.3. The van der Waals surface area contributed by atoms with Crippen LogP contribution in [0.15, 0.2) is 29.4 Å². The number of nitrogens with one attached hydrogen (secondary N) is 1. The molecule has 7 heteroatoms. The Bertz CT molecular complexity index is 737. The minimum Gasteiger partial charge on any atom is -0.497 e. The topological polar surface area (TPSA) is 69.0 Å². The number of ether oxygens (including phenoxy) is 1. The molecule has 2 aromatic rings. The molecule has 1 fully saturated rings. The van der Waals surface area contributed by atoms with Gasteiger partial charge in [-0.05, 0) is 37.1 Å². The molecule has 0 unspecified atom stereocenters. The molecule has 6 nitrogen and oxygen atoms in total. The van der Waals surface area contributed by atoms with E-state index < -0.39 is 0 Å². The summed E-state index contributed by atoms with van der Waals surface area (Å²) in [5.74, 6) is 2.03. The van der Waals surface area contributed by atoms with Crippen LogP contribution in [0.2, 0.25) is 0 Å². The highest BCUT2D eigenvalue weighted by molar-refractivity contribution is 7.99. The third-order valence-corrected chi connectivity index (χ3v) is 6.01. The number of hydrogen-bond donors (Lipinski definition) is 1. The predicted octanol–water partition coefficient (Wildman–Crippen LogP) is 3.81. The van der Waals surface area contributed by atoms with Crippen molar-refractivity contribution in [1.82, 2.24) is 20.1 Å². The molecule has 0 aliphatic heterocycles. The van der Waals surface area contributed by atoms with Crippen LogP contribution in [0, 0.1) is 0 Å². The molecule has 1 aromatic carbocycles. The van der Waals surface area contributed by atoms with Crippen LogP contribution < -0.4 is 10.1 Å². The second kappa shape index (κ2) is 9.78. The molecule has 0 bridgehead atoms. The molecule has 1 aromatic heterocycles. The predicted molar refractivity (Wildman–Crippen MR) is 108 cm³/mol. The fraction of sp³-hybridized carbons (Fsp3) is 0.550. The first-order valence-electron chi connectivity index (χ1n) is 9.63. The van der Waals surface area contributed by atoms with Gasteiger partial charge in [-0.2, -0.15) is 0 Å². The lowest BCUT2D eigenvalue weighted by Gasteiger charge is -2.20. The Kier molecular flexibility index (Phi) is 7.15. The first kappa shape index (κ1) is 19.7. The molecule has 1 aliphatic rings. The number of carbonyl (C=O) groups excluding carboxylic acids is 1. The second-order valence-corrected chi connectivity index (χ2v) is 7.93.